The molecule has 0 radical (unpaired) electrons. The first kappa shape index (κ1) is 18.1. The van der Waals surface area contributed by atoms with Gasteiger partial charge >= 0.3 is 12.5 Å². The first-order valence-electron chi connectivity index (χ1n) is 6.45. The predicted octanol–water partition coefficient (Wildman–Crippen LogP) is 4.79. The monoisotopic (exact) mass is 353 g/mol. The van der Waals surface area contributed by atoms with Crippen LogP contribution in [0, 0.1) is 5.82 Å². The number of hydrogen-bond donors (Lipinski definition) is 1. The van der Waals surface area contributed by atoms with Gasteiger partial charge in [0.25, 0.3) is 0 Å². The lowest BCUT2D eigenvalue weighted by Gasteiger charge is -2.16. The highest BCUT2D eigenvalue weighted by molar-refractivity contribution is 5.37. The van der Waals surface area contributed by atoms with Crippen LogP contribution in [0.4, 0.5) is 30.7 Å². The van der Waals surface area contributed by atoms with Gasteiger partial charge in [-0.25, -0.2) is 4.39 Å². The fourth-order valence-electron chi connectivity index (χ4n) is 2.02. The van der Waals surface area contributed by atoms with E-state index in [0.717, 1.165) is 30.3 Å². The van der Waals surface area contributed by atoms with Crippen molar-refractivity contribution in [3.63, 3.8) is 0 Å². The molecular formula is C15H10F7NO. The SMILES string of the molecule is N[C@@H](c1ccc(OC(F)(F)F)cc1)c1cc(F)cc(C(F)(F)F)c1. The molecule has 0 spiro atoms. The Kier molecular flexibility index (Phi) is 4.75. The van der Waals surface area contributed by atoms with Crippen LogP contribution in [0.1, 0.15) is 22.7 Å². The third-order valence-corrected chi connectivity index (χ3v) is 3.08. The molecule has 0 aliphatic rings. The van der Waals surface area contributed by atoms with E-state index >= 15 is 0 Å². The van der Waals surface area contributed by atoms with Crippen LogP contribution in [0.2, 0.25) is 0 Å². The molecule has 0 aliphatic carbocycles. The number of rotatable bonds is 3. The Morgan fingerprint density at radius 3 is 1.92 bits per heavy atom. The van der Waals surface area contributed by atoms with Gasteiger partial charge in [0.05, 0.1) is 11.6 Å². The van der Waals surface area contributed by atoms with Gasteiger partial charge in [-0.15, -0.1) is 13.2 Å². The van der Waals surface area contributed by atoms with E-state index < -0.39 is 35.7 Å². The summed E-state index contributed by atoms with van der Waals surface area (Å²) >= 11 is 0. The number of alkyl halides is 6. The van der Waals surface area contributed by atoms with Gasteiger partial charge < -0.3 is 10.5 Å². The van der Waals surface area contributed by atoms with E-state index in [0.29, 0.717) is 12.1 Å². The van der Waals surface area contributed by atoms with Gasteiger partial charge in [-0.1, -0.05) is 12.1 Å². The van der Waals surface area contributed by atoms with Crippen LogP contribution < -0.4 is 10.5 Å². The van der Waals surface area contributed by atoms with Crippen LogP contribution in [0.3, 0.4) is 0 Å². The molecule has 0 saturated carbocycles. The number of ether oxygens (including phenoxy) is 1. The van der Waals surface area contributed by atoms with Crippen molar-refractivity contribution in [2.75, 3.05) is 0 Å². The van der Waals surface area contributed by atoms with E-state index in [1.54, 1.807) is 0 Å². The molecule has 2 rings (SSSR count). The van der Waals surface area contributed by atoms with Crippen LogP contribution in [0.25, 0.3) is 0 Å². The van der Waals surface area contributed by atoms with E-state index in [1.165, 1.54) is 0 Å². The standard InChI is InChI=1S/C15H10F7NO/c16-11-6-9(5-10(7-11)14(17,18)19)13(23)8-1-3-12(4-2-8)24-15(20,21)22/h1-7,13H,23H2/t13-/m0/s1. The van der Waals surface area contributed by atoms with Crippen molar-refractivity contribution in [1.29, 1.82) is 0 Å². The van der Waals surface area contributed by atoms with Gasteiger partial charge in [-0.05, 0) is 41.5 Å². The van der Waals surface area contributed by atoms with E-state index in [4.69, 9.17) is 5.73 Å². The lowest BCUT2D eigenvalue weighted by Crippen LogP contribution is -2.17. The minimum Gasteiger partial charge on any atom is -0.406 e. The summed E-state index contributed by atoms with van der Waals surface area (Å²) in [5, 5.41) is 0. The summed E-state index contributed by atoms with van der Waals surface area (Å²) in [5.41, 5.74) is 4.61. The van der Waals surface area contributed by atoms with Crippen molar-refractivity contribution in [3.05, 3.63) is 65.0 Å². The summed E-state index contributed by atoms with van der Waals surface area (Å²) in [6.45, 7) is 0. The summed E-state index contributed by atoms with van der Waals surface area (Å²) in [7, 11) is 0. The number of halogens is 7. The molecule has 0 bridgehead atoms. The largest absolute Gasteiger partial charge is 0.573 e. The van der Waals surface area contributed by atoms with Crippen molar-refractivity contribution in [2.45, 2.75) is 18.6 Å². The maximum Gasteiger partial charge on any atom is 0.573 e. The number of hydrogen-bond acceptors (Lipinski definition) is 2. The van der Waals surface area contributed by atoms with Gasteiger partial charge in [-0.2, -0.15) is 13.2 Å². The molecule has 2 aromatic carbocycles. The average molecular weight is 353 g/mol. The van der Waals surface area contributed by atoms with Crippen molar-refractivity contribution >= 4 is 0 Å². The van der Waals surface area contributed by atoms with E-state index in [9.17, 15) is 30.7 Å². The fourth-order valence-corrected chi connectivity index (χ4v) is 2.02. The Bertz CT molecular complexity index is 707. The smallest absolute Gasteiger partial charge is 0.406 e. The molecule has 0 amide bonds. The minimum absolute atomic E-state index is 0.160. The van der Waals surface area contributed by atoms with Crippen molar-refractivity contribution < 1.29 is 35.5 Å². The summed E-state index contributed by atoms with van der Waals surface area (Å²) in [4.78, 5) is 0. The maximum atomic E-state index is 13.4. The third kappa shape index (κ3) is 4.60. The second-order valence-electron chi connectivity index (χ2n) is 4.87. The molecule has 1 atom stereocenters. The maximum absolute atomic E-state index is 13.4. The Labute approximate surface area is 131 Å². The van der Waals surface area contributed by atoms with Gasteiger partial charge in [0, 0.05) is 0 Å². The quantitative estimate of drug-likeness (QED) is 0.805. The fraction of sp³-hybridized carbons (Fsp3) is 0.200. The second kappa shape index (κ2) is 6.31. The molecule has 2 N–H and O–H groups in total. The van der Waals surface area contributed by atoms with Gasteiger partial charge in [0.1, 0.15) is 11.6 Å². The topological polar surface area (TPSA) is 35.2 Å². The van der Waals surface area contributed by atoms with E-state index in [2.05, 4.69) is 4.74 Å². The van der Waals surface area contributed by atoms with Crippen LogP contribution in [0.5, 0.6) is 5.75 Å². The summed E-state index contributed by atoms with van der Waals surface area (Å²) in [6, 6.07) is 4.94. The van der Waals surface area contributed by atoms with Crippen LogP contribution >= 0.6 is 0 Å². The summed E-state index contributed by atoms with van der Waals surface area (Å²) in [6.07, 6.45) is -9.62. The van der Waals surface area contributed by atoms with Crippen LogP contribution in [-0.2, 0) is 6.18 Å². The van der Waals surface area contributed by atoms with Crippen molar-refractivity contribution in [1.82, 2.24) is 0 Å². The van der Waals surface area contributed by atoms with Crippen molar-refractivity contribution in [2.24, 2.45) is 5.73 Å². The lowest BCUT2D eigenvalue weighted by molar-refractivity contribution is -0.274. The molecule has 0 saturated heterocycles. The second-order valence-corrected chi connectivity index (χ2v) is 4.87. The highest BCUT2D eigenvalue weighted by Gasteiger charge is 2.32. The zero-order chi connectivity index (χ0) is 18.1. The molecule has 2 nitrogen and oxygen atoms in total. The zero-order valence-corrected chi connectivity index (χ0v) is 11.8. The molecular weight excluding hydrogens is 343 g/mol. The number of benzene rings is 2. The lowest BCUT2D eigenvalue weighted by atomic mass is 9.97. The molecule has 0 fully saturated rings. The Morgan fingerprint density at radius 1 is 0.833 bits per heavy atom. The average Bonchev–Trinajstić information content (AvgIpc) is 2.44. The predicted molar refractivity (Wildman–Crippen MR) is 70.6 cm³/mol. The zero-order valence-electron chi connectivity index (χ0n) is 11.8. The van der Waals surface area contributed by atoms with Gasteiger partial charge in [-0.3, -0.25) is 0 Å². The molecule has 0 aliphatic heterocycles. The van der Waals surface area contributed by atoms with E-state index in [-0.39, 0.29) is 11.1 Å². The highest BCUT2D eigenvalue weighted by Crippen LogP contribution is 2.33. The normalized spacial score (nSPS) is 13.7. The molecule has 0 unspecified atom stereocenters. The summed E-state index contributed by atoms with van der Waals surface area (Å²) in [5.74, 6) is -1.62. The van der Waals surface area contributed by atoms with Crippen LogP contribution in [0.15, 0.2) is 42.5 Å². The van der Waals surface area contributed by atoms with E-state index in [1.807, 2.05) is 0 Å². The molecule has 0 heterocycles. The Morgan fingerprint density at radius 2 is 1.42 bits per heavy atom. The molecule has 0 aromatic heterocycles. The van der Waals surface area contributed by atoms with Gasteiger partial charge in [0.2, 0.25) is 0 Å². The highest BCUT2D eigenvalue weighted by atomic mass is 19.4. The first-order chi connectivity index (χ1) is 11.0. The minimum atomic E-state index is -4.87. The van der Waals surface area contributed by atoms with Gasteiger partial charge in [0.15, 0.2) is 0 Å². The Hall–Kier alpha value is -2.29. The molecule has 130 valence electrons. The third-order valence-electron chi connectivity index (χ3n) is 3.08. The summed E-state index contributed by atoms with van der Waals surface area (Å²) < 4.78 is 91.4. The van der Waals surface area contributed by atoms with Crippen molar-refractivity contribution in [3.8, 4) is 5.75 Å². The molecule has 2 aromatic rings. The van der Waals surface area contributed by atoms with Crippen LogP contribution in [-0.4, -0.2) is 6.36 Å². The molecule has 9 heteroatoms. The number of nitrogens with two attached hydrogens (primary N) is 1. The first-order valence-corrected chi connectivity index (χ1v) is 6.45. The Balaban J connectivity index is 2.29. The molecule has 24 heavy (non-hydrogen) atoms.